The van der Waals surface area contributed by atoms with Gasteiger partial charge in [-0.3, -0.25) is 4.79 Å². The second kappa shape index (κ2) is 6.19. The number of amides is 1. The standard InChI is InChI=1S/C18H24F2N2O/c1-21(2)13-7-11-9-14(10-12(11)8-13)22(3)18(23)17-15(19)5-4-6-16(17)20/h4-6,11-14H,7-10H2,1-3H3/t11-,12+,13?,14?. The largest absolute Gasteiger partial charge is 0.339 e. The number of halogens is 2. The zero-order chi connectivity index (χ0) is 16.7. The maximum Gasteiger partial charge on any atom is 0.259 e. The van der Waals surface area contributed by atoms with Crippen LogP contribution in [0.2, 0.25) is 0 Å². The van der Waals surface area contributed by atoms with Crippen LogP contribution < -0.4 is 0 Å². The van der Waals surface area contributed by atoms with E-state index in [1.54, 1.807) is 11.9 Å². The summed E-state index contributed by atoms with van der Waals surface area (Å²) in [4.78, 5) is 16.3. The molecule has 0 spiro atoms. The van der Waals surface area contributed by atoms with Gasteiger partial charge >= 0.3 is 0 Å². The fourth-order valence-electron chi connectivity index (χ4n) is 4.33. The maximum absolute atomic E-state index is 13.8. The van der Waals surface area contributed by atoms with Crippen LogP contribution in [0, 0.1) is 23.5 Å². The summed E-state index contributed by atoms with van der Waals surface area (Å²) in [5.74, 6) is -0.878. The Bertz CT molecular complexity index is 570. The van der Waals surface area contributed by atoms with E-state index in [1.165, 1.54) is 6.07 Å². The fraction of sp³-hybridized carbons (Fsp3) is 0.611. The zero-order valence-electron chi connectivity index (χ0n) is 13.9. The summed E-state index contributed by atoms with van der Waals surface area (Å²) in [6.45, 7) is 0. The Kier molecular flexibility index (Phi) is 4.41. The zero-order valence-corrected chi connectivity index (χ0v) is 13.9. The molecular weight excluding hydrogens is 298 g/mol. The van der Waals surface area contributed by atoms with Gasteiger partial charge in [0.1, 0.15) is 17.2 Å². The Balaban J connectivity index is 1.69. The molecule has 2 aliphatic carbocycles. The first-order chi connectivity index (χ1) is 10.9. The van der Waals surface area contributed by atoms with Crippen LogP contribution in [0.5, 0.6) is 0 Å². The quantitative estimate of drug-likeness (QED) is 0.853. The van der Waals surface area contributed by atoms with E-state index in [2.05, 4.69) is 19.0 Å². The molecule has 0 aliphatic heterocycles. The van der Waals surface area contributed by atoms with Gasteiger partial charge in [0.05, 0.1) is 0 Å². The van der Waals surface area contributed by atoms with Crippen molar-refractivity contribution in [3.05, 3.63) is 35.4 Å². The highest BCUT2D eigenvalue weighted by atomic mass is 19.1. The number of nitrogens with zero attached hydrogens (tertiary/aromatic N) is 2. The molecule has 4 atom stereocenters. The van der Waals surface area contributed by atoms with E-state index in [9.17, 15) is 13.6 Å². The molecule has 1 amide bonds. The highest BCUT2D eigenvalue weighted by Crippen LogP contribution is 2.46. The molecule has 3 rings (SSSR count). The van der Waals surface area contributed by atoms with E-state index in [0.717, 1.165) is 37.8 Å². The molecule has 1 aromatic rings. The number of carbonyl (C=O) groups is 1. The summed E-state index contributed by atoms with van der Waals surface area (Å²) in [7, 11) is 5.89. The van der Waals surface area contributed by atoms with E-state index in [4.69, 9.17) is 0 Å². The van der Waals surface area contributed by atoms with Gasteiger partial charge in [-0.15, -0.1) is 0 Å². The summed E-state index contributed by atoms with van der Waals surface area (Å²) in [5.41, 5.74) is -0.432. The predicted octanol–water partition coefficient (Wildman–Crippen LogP) is 3.16. The van der Waals surface area contributed by atoms with Crippen LogP contribution in [0.4, 0.5) is 8.78 Å². The second-order valence-corrected chi connectivity index (χ2v) is 7.25. The lowest BCUT2D eigenvalue weighted by molar-refractivity contribution is 0.0716. The number of benzene rings is 1. The molecule has 0 bridgehead atoms. The molecule has 0 aromatic heterocycles. The molecule has 23 heavy (non-hydrogen) atoms. The molecule has 3 nitrogen and oxygen atoms in total. The van der Waals surface area contributed by atoms with Gasteiger partial charge in [-0.2, -0.15) is 0 Å². The first kappa shape index (κ1) is 16.4. The van der Waals surface area contributed by atoms with Crippen LogP contribution in [0.3, 0.4) is 0 Å². The minimum atomic E-state index is -0.785. The Morgan fingerprint density at radius 1 is 0.957 bits per heavy atom. The van der Waals surface area contributed by atoms with Gasteiger partial charge in [0.2, 0.25) is 0 Å². The molecule has 2 aliphatic rings. The summed E-state index contributed by atoms with van der Waals surface area (Å²) in [6, 6.07) is 4.25. The van der Waals surface area contributed by atoms with Crippen LogP contribution in [0.15, 0.2) is 18.2 Å². The Morgan fingerprint density at radius 2 is 1.43 bits per heavy atom. The van der Waals surface area contributed by atoms with Crippen LogP contribution in [0.25, 0.3) is 0 Å². The van der Waals surface area contributed by atoms with Crippen LogP contribution in [-0.2, 0) is 0 Å². The van der Waals surface area contributed by atoms with Crippen molar-refractivity contribution in [1.82, 2.24) is 9.80 Å². The Labute approximate surface area is 136 Å². The number of fused-ring (bicyclic) bond motifs is 1. The van der Waals surface area contributed by atoms with Gasteiger partial charge in [0.15, 0.2) is 0 Å². The first-order valence-corrected chi connectivity index (χ1v) is 8.26. The summed E-state index contributed by atoms with van der Waals surface area (Å²) in [6.07, 6.45) is 4.19. The average molecular weight is 322 g/mol. The van der Waals surface area contributed by atoms with Crippen molar-refractivity contribution in [3.63, 3.8) is 0 Å². The smallest absolute Gasteiger partial charge is 0.259 e. The Morgan fingerprint density at radius 3 is 1.91 bits per heavy atom. The van der Waals surface area contributed by atoms with Crippen LogP contribution >= 0.6 is 0 Å². The molecule has 2 fully saturated rings. The summed E-state index contributed by atoms with van der Waals surface area (Å²) in [5, 5.41) is 0. The van der Waals surface area contributed by atoms with Crippen LogP contribution in [0.1, 0.15) is 36.0 Å². The summed E-state index contributed by atoms with van der Waals surface area (Å²) < 4.78 is 27.7. The highest BCUT2D eigenvalue weighted by Gasteiger charge is 2.44. The third-order valence-corrected chi connectivity index (χ3v) is 5.74. The molecule has 0 N–H and O–H groups in total. The first-order valence-electron chi connectivity index (χ1n) is 8.26. The van der Waals surface area contributed by atoms with Crippen LogP contribution in [-0.4, -0.2) is 48.9 Å². The topological polar surface area (TPSA) is 23.6 Å². The summed E-state index contributed by atoms with van der Waals surface area (Å²) >= 11 is 0. The molecular formula is C18H24F2N2O. The molecule has 5 heteroatoms. The van der Waals surface area contributed by atoms with E-state index >= 15 is 0 Å². The van der Waals surface area contributed by atoms with Crippen molar-refractivity contribution >= 4 is 5.91 Å². The van der Waals surface area contributed by atoms with Gasteiger partial charge in [-0.05, 0) is 63.7 Å². The average Bonchev–Trinajstić information content (AvgIpc) is 3.04. The lowest BCUT2D eigenvalue weighted by Crippen LogP contribution is -2.37. The minimum Gasteiger partial charge on any atom is -0.339 e. The van der Waals surface area contributed by atoms with Crippen molar-refractivity contribution in [1.29, 1.82) is 0 Å². The molecule has 126 valence electrons. The van der Waals surface area contributed by atoms with Crippen molar-refractivity contribution < 1.29 is 13.6 Å². The van der Waals surface area contributed by atoms with E-state index in [-0.39, 0.29) is 6.04 Å². The lowest BCUT2D eigenvalue weighted by Gasteiger charge is -2.27. The van der Waals surface area contributed by atoms with Gasteiger partial charge < -0.3 is 9.80 Å². The molecule has 0 saturated heterocycles. The number of hydrogen-bond donors (Lipinski definition) is 0. The third kappa shape index (κ3) is 2.99. The molecule has 2 unspecified atom stereocenters. The lowest BCUT2D eigenvalue weighted by atomic mass is 10.0. The van der Waals surface area contributed by atoms with Gasteiger partial charge in [-0.1, -0.05) is 6.07 Å². The molecule has 1 aromatic carbocycles. The van der Waals surface area contributed by atoms with Gasteiger partial charge in [0.25, 0.3) is 5.91 Å². The monoisotopic (exact) mass is 322 g/mol. The van der Waals surface area contributed by atoms with Crippen molar-refractivity contribution in [2.24, 2.45) is 11.8 Å². The molecule has 2 saturated carbocycles. The normalized spacial score (nSPS) is 29.8. The highest BCUT2D eigenvalue weighted by molar-refractivity contribution is 5.94. The van der Waals surface area contributed by atoms with Crippen molar-refractivity contribution in [2.75, 3.05) is 21.1 Å². The third-order valence-electron chi connectivity index (χ3n) is 5.74. The second-order valence-electron chi connectivity index (χ2n) is 7.25. The number of carbonyl (C=O) groups excluding carboxylic acids is 1. The Hall–Kier alpha value is -1.49. The number of rotatable bonds is 3. The van der Waals surface area contributed by atoms with Gasteiger partial charge in [0, 0.05) is 19.1 Å². The SMILES string of the molecule is CN(C)C1C[C@@H]2CC(N(C)C(=O)c3c(F)cccc3F)C[C@@H]2C1. The number of hydrogen-bond acceptors (Lipinski definition) is 2. The fourth-order valence-corrected chi connectivity index (χ4v) is 4.33. The van der Waals surface area contributed by atoms with Crippen molar-refractivity contribution in [2.45, 2.75) is 37.8 Å². The molecule has 0 radical (unpaired) electrons. The van der Waals surface area contributed by atoms with E-state index < -0.39 is 23.1 Å². The predicted molar refractivity (Wildman–Crippen MR) is 85.2 cm³/mol. The van der Waals surface area contributed by atoms with Crippen molar-refractivity contribution in [3.8, 4) is 0 Å². The maximum atomic E-state index is 13.8. The van der Waals surface area contributed by atoms with E-state index in [0.29, 0.717) is 17.9 Å². The van der Waals surface area contributed by atoms with Gasteiger partial charge in [-0.25, -0.2) is 8.78 Å². The molecule has 0 heterocycles. The minimum absolute atomic E-state index is 0.0830. The van der Waals surface area contributed by atoms with E-state index in [1.807, 2.05) is 0 Å².